The van der Waals surface area contributed by atoms with E-state index in [0.717, 1.165) is 8.66 Å². The van der Waals surface area contributed by atoms with E-state index in [9.17, 15) is 9.59 Å². The Morgan fingerprint density at radius 1 is 1.47 bits per heavy atom. The van der Waals surface area contributed by atoms with Crippen LogP contribution in [0.3, 0.4) is 0 Å². The standard InChI is InChI=1S/C8H10BrN3O2S/c9-6-2-1-5(15-6)3-11-4-7(13)12-8(10)14/h1-2,11H,3-4H2,(H3,10,12,13,14). The molecule has 0 atom stereocenters. The van der Waals surface area contributed by atoms with Crippen molar-refractivity contribution >= 4 is 39.2 Å². The van der Waals surface area contributed by atoms with Crippen molar-refractivity contribution in [1.82, 2.24) is 10.6 Å². The molecule has 0 saturated heterocycles. The molecule has 0 saturated carbocycles. The van der Waals surface area contributed by atoms with Gasteiger partial charge in [0.1, 0.15) is 0 Å². The number of rotatable bonds is 4. The number of urea groups is 1. The average molecular weight is 292 g/mol. The minimum Gasteiger partial charge on any atom is -0.351 e. The predicted molar refractivity (Wildman–Crippen MR) is 61.5 cm³/mol. The quantitative estimate of drug-likeness (QED) is 0.767. The fourth-order valence-corrected chi connectivity index (χ4v) is 2.38. The van der Waals surface area contributed by atoms with Crippen LogP contribution in [-0.4, -0.2) is 18.5 Å². The Morgan fingerprint density at radius 3 is 2.73 bits per heavy atom. The van der Waals surface area contributed by atoms with Crippen LogP contribution >= 0.6 is 27.3 Å². The van der Waals surface area contributed by atoms with E-state index >= 15 is 0 Å². The summed E-state index contributed by atoms with van der Waals surface area (Å²) in [5, 5.41) is 4.86. The minimum absolute atomic E-state index is 0.0679. The number of thiophene rings is 1. The summed E-state index contributed by atoms with van der Waals surface area (Å²) in [5.74, 6) is -0.432. The summed E-state index contributed by atoms with van der Waals surface area (Å²) in [7, 11) is 0. The smallest absolute Gasteiger partial charge is 0.318 e. The third-order valence-corrected chi connectivity index (χ3v) is 3.10. The Morgan fingerprint density at radius 2 is 2.20 bits per heavy atom. The van der Waals surface area contributed by atoms with Crippen LogP contribution in [0.5, 0.6) is 0 Å². The fourth-order valence-electron chi connectivity index (χ4n) is 0.928. The number of carbonyl (C=O) groups excluding carboxylic acids is 2. The SMILES string of the molecule is NC(=O)NC(=O)CNCc1ccc(Br)s1. The van der Waals surface area contributed by atoms with E-state index in [-0.39, 0.29) is 6.54 Å². The molecule has 1 rings (SSSR count). The normalized spacial score (nSPS) is 9.93. The number of amides is 3. The maximum atomic E-state index is 11.0. The lowest BCUT2D eigenvalue weighted by molar-refractivity contribution is -0.119. The van der Waals surface area contributed by atoms with Gasteiger partial charge in [-0.2, -0.15) is 0 Å². The van der Waals surface area contributed by atoms with Crippen LogP contribution in [0.1, 0.15) is 4.88 Å². The zero-order valence-corrected chi connectivity index (χ0v) is 10.2. The zero-order chi connectivity index (χ0) is 11.3. The Kier molecular flexibility index (Phi) is 4.73. The van der Waals surface area contributed by atoms with Crippen LogP contribution < -0.4 is 16.4 Å². The number of hydrogen-bond acceptors (Lipinski definition) is 4. The summed E-state index contributed by atoms with van der Waals surface area (Å²) >= 11 is 4.92. The van der Waals surface area contributed by atoms with Crippen molar-refractivity contribution in [2.45, 2.75) is 6.54 Å². The van der Waals surface area contributed by atoms with Gasteiger partial charge in [0, 0.05) is 11.4 Å². The third kappa shape index (κ3) is 4.91. The van der Waals surface area contributed by atoms with E-state index in [0.29, 0.717) is 6.54 Å². The number of halogens is 1. The van der Waals surface area contributed by atoms with Crippen LogP contribution in [0.2, 0.25) is 0 Å². The molecule has 1 aromatic rings. The molecule has 0 aromatic carbocycles. The van der Waals surface area contributed by atoms with Crippen molar-refractivity contribution in [2.24, 2.45) is 5.73 Å². The lowest BCUT2D eigenvalue weighted by Gasteiger charge is -2.01. The number of hydrogen-bond donors (Lipinski definition) is 3. The third-order valence-electron chi connectivity index (χ3n) is 1.48. The van der Waals surface area contributed by atoms with Crippen molar-refractivity contribution in [3.8, 4) is 0 Å². The summed E-state index contributed by atoms with van der Waals surface area (Å²) in [6.45, 7) is 0.654. The van der Waals surface area contributed by atoms with Gasteiger partial charge in [-0.15, -0.1) is 11.3 Å². The van der Waals surface area contributed by atoms with Crippen LogP contribution in [-0.2, 0) is 11.3 Å². The second-order valence-corrected chi connectivity index (χ2v) is 5.27. The van der Waals surface area contributed by atoms with Gasteiger partial charge in [0.15, 0.2) is 0 Å². The Labute approximate surface area is 99.2 Å². The summed E-state index contributed by atoms with van der Waals surface area (Å²) in [6, 6.07) is 3.06. The molecule has 82 valence electrons. The largest absolute Gasteiger partial charge is 0.351 e. The lowest BCUT2D eigenvalue weighted by Crippen LogP contribution is -2.40. The number of imide groups is 1. The van der Waals surface area contributed by atoms with Gasteiger partial charge in [-0.25, -0.2) is 4.79 Å². The van der Waals surface area contributed by atoms with Gasteiger partial charge in [0.05, 0.1) is 10.3 Å². The molecule has 0 radical (unpaired) electrons. The monoisotopic (exact) mass is 291 g/mol. The molecule has 0 aliphatic rings. The van der Waals surface area contributed by atoms with Gasteiger partial charge in [0.2, 0.25) is 5.91 Å². The highest BCUT2D eigenvalue weighted by Gasteiger charge is 2.03. The van der Waals surface area contributed by atoms with Crippen molar-refractivity contribution < 1.29 is 9.59 Å². The van der Waals surface area contributed by atoms with Gasteiger partial charge in [-0.3, -0.25) is 10.1 Å². The molecule has 0 unspecified atom stereocenters. The molecule has 0 fully saturated rings. The highest BCUT2D eigenvalue weighted by molar-refractivity contribution is 9.11. The van der Waals surface area contributed by atoms with Gasteiger partial charge in [0.25, 0.3) is 0 Å². The molecule has 3 amide bonds. The fraction of sp³-hybridized carbons (Fsp3) is 0.250. The first-order valence-corrected chi connectivity index (χ1v) is 5.73. The maximum absolute atomic E-state index is 11.0. The predicted octanol–water partition coefficient (Wildman–Crippen LogP) is 0.795. The Balaban J connectivity index is 2.22. The molecular weight excluding hydrogens is 282 g/mol. The molecule has 0 bridgehead atoms. The summed E-state index contributed by atoms with van der Waals surface area (Å²) in [4.78, 5) is 22.4. The van der Waals surface area contributed by atoms with E-state index in [1.807, 2.05) is 17.4 Å². The van der Waals surface area contributed by atoms with Gasteiger partial charge >= 0.3 is 6.03 Å². The van der Waals surface area contributed by atoms with E-state index < -0.39 is 11.9 Å². The maximum Gasteiger partial charge on any atom is 0.318 e. The highest BCUT2D eigenvalue weighted by atomic mass is 79.9. The molecule has 0 aliphatic carbocycles. The van der Waals surface area contributed by atoms with Crippen molar-refractivity contribution in [3.05, 3.63) is 20.8 Å². The van der Waals surface area contributed by atoms with Crippen molar-refractivity contribution in [2.75, 3.05) is 6.54 Å². The molecule has 0 spiro atoms. The Hall–Kier alpha value is -0.920. The molecule has 1 aromatic heterocycles. The molecular formula is C8H10BrN3O2S. The molecule has 7 heteroatoms. The van der Waals surface area contributed by atoms with Gasteiger partial charge in [-0.05, 0) is 28.1 Å². The first-order valence-electron chi connectivity index (χ1n) is 4.12. The molecule has 15 heavy (non-hydrogen) atoms. The summed E-state index contributed by atoms with van der Waals surface area (Å²) in [6.07, 6.45) is 0. The average Bonchev–Trinajstić information content (AvgIpc) is 2.50. The van der Waals surface area contributed by atoms with E-state index in [1.54, 1.807) is 11.3 Å². The number of nitrogens with one attached hydrogen (secondary N) is 2. The van der Waals surface area contributed by atoms with E-state index in [1.165, 1.54) is 0 Å². The highest BCUT2D eigenvalue weighted by Crippen LogP contribution is 2.21. The van der Waals surface area contributed by atoms with Crippen LogP contribution in [0.15, 0.2) is 15.9 Å². The second kappa shape index (κ2) is 5.84. The topological polar surface area (TPSA) is 84.2 Å². The van der Waals surface area contributed by atoms with Crippen molar-refractivity contribution in [1.29, 1.82) is 0 Å². The van der Waals surface area contributed by atoms with E-state index in [4.69, 9.17) is 5.73 Å². The zero-order valence-electron chi connectivity index (χ0n) is 7.75. The number of nitrogens with two attached hydrogens (primary N) is 1. The second-order valence-electron chi connectivity index (χ2n) is 2.72. The minimum atomic E-state index is -0.833. The number of primary amides is 1. The molecule has 0 aliphatic heterocycles. The van der Waals surface area contributed by atoms with Crippen molar-refractivity contribution in [3.63, 3.8) is 0 Å². The lowest BCUT2D eigenvalue weighted by atomic mass is 10.4. The number of carbonyl (C=O) groups is 2. The van der Waals surface area contributed by atoms with Crippen LogP contribution in [0.4, 0.5) is 4.79 Å². The molecule has 5 nitrogen and oxygen atoms in total. The van der Waals surface area contributed by atoms with Crippen LogP contribution in [0.25, 0.3) is 0 Å². The summed E-state index contributed by atoms with van der Waals surface area (Å²) < 4.78 is 1.04. The van der Waals surface area contributed by atoms with Gasteiger partial charge in [-0.1, -0.05) is 0 Å². The molecule has 4 N–H and O–H groups in total. The first kappa shape index (κ1) is 12.2. The first-order chi connectivity index (χ1) is 7.08. The summed E-state index contributed by atoms with van der Waals surface area (Å²) in [5.41, 5.74) is 4.78. The Bertz CT molecular complexity index is 367. The van der Waals surface area contributed by atoms with E-state index in [2.05, 4.69) is 21.2 Å². The molecule has 1 heterocycles. The van der Waals surface area contributed by atoms with Gasteiger partial charge < -0.3 is 11.1 Å². The van der Waals surface area contributed by atoms with Crippen LogP contribution in [0, 0.1) is 0 Å².